The van der Waals surface area contributed by atoms with Crippen LogP contribution in [0, 0.1) is 18.2 Å². The van der Waals surface area contributed by atoms with Crippen LogP contribution >= 0.6 is 0 Å². The number of benzene rings is 1. The number of sulfonamides is 1. The molecule has 4 nitrogen and oxygen atoms in total. The lowest BCUT2D eigenvalue weighted by Crippen LogP contribution is -2.28. The second kappa shape index (κ2) is 6.20. The molecule has 0 aliphatic heterocycles. The van der Waals surface area contributed by atoms with Gasteiger partial charge >= 0.3 is 0 Å². The number of aliphatic hydroxyl groups is 1. The van der Waals surface area contributed by atoms with Crippen LogP contribution in [0.1, 0.15) is 38.3 Å². The van der Waals surface area contributed by atoms with Crippen LogP contribution in [0.4, 0.5) is 4.39 Å². The van der Waals surface area contributed by atoms with Crippen molar-refractivity contribution >= 4 is 10.0 Å². The zero-order valence-electron chi connectivity index (χ0n) is 12.3. The van der Waals surface area contributed by atoms with Crippen molar-refractivity contribution in [2.24, 2.45) is 5.41 Å². The molecular formula is C14H22FNO3S. The van der Waals surface area contributed by atoms with Gasteiger partial charge in [0.2, 0.25) is 10.0 Å². The van der Waals surface area contributed by atoms with Gasteiger partial charge in [-0.05, 0) is 36.5 Å². The molecular weight excluding hydrogens is 281 g/mol. The van der Waals surface area contributed by atoms with Gasteiger partial charge in [-0.3, -0.25) is 0 Å². The first kappa shape index (κ1) is 17.1. The van der Waals surface area contributed by atoms with Gasteiger partial charge in [0, 0.05) is 12.1 Å². The highest BCUT2D eigenvalue weighted by Gasteiger charge is 2.21. The molecule has 1 aromatic carbocycles. The fourth-order valence-corrected chi connectivity index (χ4v) is 3.05. The molecule has 0 saturated heterocycles. The Hall–Kier alpha value is -0.980. The summed E-state index contributed by atoms with van der Waals surface area (Å²) in [6.45, 7) is 7.34. The van der Waals surface area contributed by atoms with Gasteiger partial charge in [-0.2, -0.15) is 0 Å². The van der Waals surface area contributed by atoms with Crippen molar-refractivity contribution in [3.63, 3.8) is 0 Å². The van der Waals surface area contributed by atoms with E-state index in [9.17, 15) is 12.8 Å². The average molecular weight is 303 g/mol. The van der Waals surface area contributed by atoms with Crippen LogP contribution in [-0.2, 0) is 16.6 Å². The standard InChI is InChI=1S/C14H22FNO3S/c1-10-12(15)7-11(9-17)8-13(10)20(18,19)16-6-5-14(2,3)4/h7-8,16-17H,5-6,9H2,1-4H3. The van der Waals surface area contributed by atoms with Crippen molar-refractivity contribution in [2.45, 2.75) is 45.6 Å². The monoisotopic (exact) mass is 303 g/mol. The molecule has 0 spiro atoms. The van der Waals surface area contributed by atoms with Crippen molar-refractivity contribution in [1.82, 2.24) is 4.72 Å². The number of rotatable bonds is 5. The van der Waals surface area contributed by atoms with E-state index in [4.69, 9.17) is 5.11 Å². The van der Waals surface area contributed by atoms with E-state index in [0.29, 0.717) is 6.42 Å². The zero-order chi connectivity index (χ0) is 15.6. The number of nitrogens with one attached hydrogen (secondary N) is 1. The van der Waals surface area contributed by atoms with Gasteiger partial charge in [-0.15, -0.1) is 0 Å². The average Bonchev–Trinajstić information content (AvgIpc) is 2.30. The summed E-state index contributed by atoms with van der Waals surface area (Å²) in [6.07, 6.45) is 0.674. The van der Waals surface area contributed by atoms with E-state index in [2.05, 4.69) is 4.72 Å². The van der Waals surface area contributed by atoms with Crippen LogP contribution in [0.25, 0.3) is 0 Å². The highest BCUT2D eigenvalue weighted by molar-refractivity contribution is 7.89. The maximum absolute atomic E-state index is 13.7. The molecule has 0 amide bonds. The Bertz CT molecular complexity index is 577. The van der Waals surface area contributed by atoms with Crippen molar-refractivity contribution < 1.29 is 17.9 Å². The quantitative estimate of drug-likeness (QED) is 0.877. The highest BCUT2D eigenvalue weighted by Crippen LogP contribution is 2.22. The number of hydrogen-bond acceptors (Lipinski definition) is 3. The molecule has 0 aromatic heterocycles. The Labute approximate surface area is 120 Å². The van der Waals surface area contributed by atoms with Crippen LogP contribution in [0.2, 0.25) is 0 Å². The summed E-state index contributed by atoms with van der Waals surface area (Å²) in [5.74, 6) is -0.632. The lowest BCUT2D eigenvalue weighted by atomic mass is 9.93. The molecule has 0 saturated carbocycles. The second-order valence-corrected chi connectivity index (χ2v) is 7.80. The molecule has 6 heteroatoms. The Morgan fingerprint density at radius 1 is 1.30 bits per heavy atom. The summed E-state index contributed by atoms with van der Waals surface area (Å²) in [7, 11) is -3.77. The molecule has 0 aliphatic carbocycles. The van der Waals surface area contributed by atoms with Gasteiger partial charge in [0.25, 0.3) is 0 Å². The molecule has 1 aromatic rings. The third kappa shape index (κ3) is 4.54. The van der Waals surface area contributed by atoms with Gasteiger partial charge < -0.3 is 5.11 Å². The summed E-state index contributed by atoms with van der Waals surface area (Å²) < 4.78 is 40.5. The van der Waals surface area contributed by atoms with E-state index < -0.39 is 22.4 Å². The Kier molecular flexibility index (Phi) is 5.29. The van der Waals surface area contributed by atoms with Crippen LogP contribution < -0.4 is 4.72 Å². The largest absolute Gasteiger partial charge is 0.392 e. The molecule has 20 heavy (non-hydrogen) atoms. The minimum Gasteiger partial charge on any atom is -0.392 e. The fourth-order valence-electron chi connectivity index (χ4n) is 1.72. The predicted octanol–water partition coefficient (Wildman–Crippen LogP) is 2.34. The minimum atomic E-state index is -3.77. The third-order valence-electron chi connectivity index (χ3n) is 3.00. The van der Waals surface area contributed by atoms with Crippen molar-refractivity contribution in [3.8, 4) is 0 Å². The van der Waals surface area contributed by atoms with E-state index >= 15 is 0 Å². The molecule has 114 valence electrons. The predicted molar refractivity (Wildman–Crippen MR) is 76.3 cm³/mol. The first-order valence-electron chi connectivity index (χ1n) is 6.46. The number of aliphatic hydroxyl groups excluding tert-OH is 1. The third-order valence-corrected chi connectivity index (χ3v) is 4.58. The Morgan fingerprint density at radius 2 is 1.90 bits per heavy atom. The van der Waals surface area contributed by atoms with Gasteiger partial charge in [-0.1, -0.05) is 20.8 Å². The van der Waals surface area contributed by atoms with E-state index in [1.165, 1.54) is 13.0 Å². The summed E-state index contributed by atoms with van der Waals surface area (Å²) >= 11 is 0. The second-order valence-electron chi connectivity index (χ2n) is 6.07. The molecule has 0 radical (unpaired) electrons. The van der Waals surface area contributed by atoms with Gasteiger partial charge in [0.1, 0.15) is 5.82 Å². The normalized spacial score (nSPS) is 12.7. The topological polar surface area (TPSA) is 66.4 Å². The van der Waals surface area contributed by atoms with Crippen molar-refractivity contribution in [1.29, 1.82) is 0 Å². The van der Waals surface area contributed by atoms with E-state index in [0.717, 1.165) is 6.07 Å². The maximum Gasteiger partial charge on any atom is 0.240 e. The molecule has 0 fully saturated rings. The molecule has 0 atom stereocenters. The number of hydrogen-bond donors (Lipinski definition) is 2. The summed E-state index contributed by atoms with van der Waals surface area (Å²) in [6, 6.07) is 2.45. The van der Waals surface area contributed by atoms with E-state index in [-0.39, 0.29) is 28.0 Å². The Balaban J connectivity index is 3.01. The lowest BCUT2D eigenvalue weighted by Gasteiger charge is -2.18. The van der Waals surface area contributed by atoms with Crippen molar-refractivity contribution in [2.75, 3.05) is 6.54 Å². The number of halogens is 1. The smallest absolute Gasteiger partial charge is 0.240 e. The first-order valence-corrected chi connectivity index (χ1v) is 7.95. The summed E-state index contributed by atoms with van der Waals surface area (Å²) in [5.41, 5.74) is 0.310. The molecule has 2 N–H and O–H groups in total. The lowest BCUT2D eigenvalue weighted by molar-refractivity contribution is 0.281. The fraction of sp³-hybridized carbons (Fsp3) is 0.571. The zero-order valence-corrected chi connectivity index (χ0v) is 13.1. The molecule has 0 bridgehead atoms. The minimum absolute atomic E-state index is 0.00968. The van der Waals surface area contributed by atoms with Gasteiger partial charge in [0.15, 0.2) is 0 Å². The molecule has 0 heterocycles. The Morgan fingerprint density at radius 3 is 2.40 bits per heavy atom. The first-order chi connectivity index (χ1) is 9.07. The van der Waals surface area contributed by atoms with E-state index in [1.807, 2.05) is 20.8 Å². The van der Waals surface area contributed by atoms with E-state index in [1.54, 1.807) is 0 Å². The van der Waals surface area contributed by atoms with Crippen LogP contribution in [-0.4, -0.2) is 20.1 Å². The molecule has 0 unspecified atom stereocenters. The van der Waals surface area contributed by atoms with Crippen molar-refractivity contribution in [3.05, 3.63) is 29.1 Å². The van der Waals surface area contributed by atoms with Crippen LogP contribution in [0.5, 0.6) is 0 Å². The summed E-state index contributed by atoms with van der Waals surface area (Å²) in [5, 5.41) is 9.04. The molecule has 0 aliphatic rings. The van der Waals surface area contributed by atoms with Gasteiger partial charge in [0.05, 0.1) is 11.5 Å². The van der Waals surface area contributed by atoms with Gasteiger partial charge in [-0.25, -0.2) is 17.5 Å². The van der Waals surface area contributed by atoms with Crippen LogP contribution in [0.15, 0.2) is 17.0 Å². The SMILES string of the molecule is Cc1c(F)cc(CO)cc1S(=O)(=O)NCCC(C)(C)C. The summed E-state index contributed by atoms with van der Waals surface area (Å²) in [4.78, 5) is -0.115. The van der Waals surface area contributed by atoms with Crippen LogP contribution in [0.3, 0.4) is 0 Å². The molecule has 1 rings (SSSR count). The maximum atomic E-state index is 13.7. The highest BCUT2D eigenvalue weighted by atomic mass is 32.2.